The summed E-state index contributed by atoms with van der Waals surface area (Å²) in [6, 6.07) is 6.74. The zero-order valence-corrected chi connectivity index (χ0v) is 15.8. The van der Waals surface area contributed by atoms with Crippen LogP contribution in [0.4, 0.5) is 0 Å². The number of amides is 2. The first-order valence-electron chi connectivity index (χ1n) is 9.74. The Balaban J connectivity index is 1.65. The Bertz CT molecular complexity index is 660. The molecule has 0 bridgehead atoms. The van der Waals surface area contributed by atoms with Gasteiger partial charge < -0.3 is 20.5 Å². The van der Waals surface area contributed by atoms with E-state index in [1.54, 1.807) is 18.2 Å². The molecule has 2 aliphatic rings. The number of nitrogens with zero attached hydrogens (tertiary/aromatic N) is 1. The number of carbonyl (C=O) groups excluding carboxylic acids is 2. The van der Waals surface area contributed by atoms with Gasteiger partial charge in [-0.1, -0.05) is 12.1 Å². The number of carbonyl (C=O) groups is 2. The van der Waals surface area contributed by atoms with Crippen LogP contribution in [0, 0.1) is 5.92 Å². The average Bonchev–Trinajstić information content (AvgIpc) is 3.05. The number of phenolic OH excluding ortho intramolecular Hbond substituents is 1. The van der Waals surface area contributed by atoms with Gasteiger partial charge in [-0.2, -0.15) is 0 Å². The highest BCUT2D eigenvalue weighted by molar-refractivity contribution is 5.83. The molecular formula is C20H29N3O4. The van der Waals surface area contributed by atoms with Gasteiger partial charge in [-0.25, -0.2) is 0 Å². The van der Waals surface area contributed by atoms with Gasteiger partial charge in [0.2, 0.25) is 11.8 Å². The van der Waals surface area contributed by atoms with E-state index in [1.807, 2.05) is 13.0 Å². The Labute approximate surface area is 160 Å². The summed E-state index contributed by atoms with van der Waals surface area (Å²) in [5, 5.41) is 15.7. The Morgan fingerprint density at radius 3 is 2.74 bits per heavy atom. The monoisotopic (exact) mass is 375 g/mol. The zero-order valence-electron chi connectivity index (χ0n) is 15.8. The van der Waals surface area contributed by atoms with Gasteiger partial charge in [0.1, 0.15) is 5.75 Å². The van der Waals surface area contributed by atoms with Crippen molar-refractivity contribution in [3.8, 4) is 5.75 Å². The summed E-state index contributed by atoms with van der Waals surface area (Å²) >= 11 is 0. The molecule has 3 N–H and O–H groups in total. The van der Waals surface area contributed by atoms with Crippen LogP contribution in [-0.2, 0) is 20.9 Å². The highest BCUT2D eigenvalue weighted by Crippen LogP contribution is 2.23. The van der Waals surface area contributed by atoms with Gasteiger partial charge in [-0.15, -0.1) is 0 Å². The maximum Gasteiger partial charge on any atom is 0.237 e. The molecule has 2 amide bonds. The Hall–Kier alpha value is -2.12. The fraction of sp³-hybridized carbons (Fsp3) is 0.600. The first kappa shape index (κ1) is 19.6. The number of phenols is 1. The molecule has 0 saturated carbocycles. The predicted molar refractivity (Wildman–Crippen MR) is 101 cm³/mol. The topological polar surface area (TPSA) is 90.9 Å². The fourth-order valence-corrected chi connectivity index (χ4v) is 3.92. The van der Waals surface area contributed by atoms with E-state index in [1.165, 1.54) is 0 Å². The molecule has 2 aliphatic heterocycles. The number of hydrogen-bond donors (Lipinski definition) is 3. The SMILES string of the molecule is CCNC(=O)[C@@H]1C[C@@H](NC(=O)C2CCOCC2)CN1Cc1cccc(O)c1. The molecule has 2 atom stereocenters. The molecule has 7 nitrogen and oxygen atoms in total. The van der Waals surface area contributed by atoms with Crippen LogP contribution in [0.2, 0.25) is 0 Å². The van der Waals surface area contributed by atoms with Crippen molar-refractivity contribution in [2.45, 2.75) is 44.8 Å². The van der Waals surface area contributed by atoms with E-state index in [0.717, 1.165) is 18.4 Å². The molecule has 0 spiro atoms. The molecular weight excluding hydrogens is 346 g/mol. The van der Waals surface area contributed by atoms with E-state index < -0.39 is 0 Å². The van der Waals surface area contributed by atoms with Gasteiger partial charge in [0, 0.05) is 44.8 Å². The number of aromatic hydroxyl groups is 1. The van der Waals surface area contributed by atoms with Gasteiger partial charge >= 0.3 is 0 Å². The second-order valence-corrected chi connectivity index (χ2v) is 7.34. The van der Waals surface area contributed by atoms with E-state index in [2.05, 4.69) is 15.5 Å². The molecule has 0 aliphatic carbocycles. The van der Waals surface area contributed by atoms with Gasteiger partial charge in [0.25, 0.3) is 0 Å². The minimum atomic E-state index is -0.285. The van der Waals surface area contributed by atoms with Crippen LogP contribution in [0.15, 0.2) is 24.3 Å². The van der Waals surface area contributed by atoms with Crippen molar-refractivity contribution in [1.29, 1.82) is 0 Å². The highest BCUT2D eigenvalue weighted by Gasteiger charge is 2.38. The van der Waals surface area contributed by atoms with Crippen molar-refractivity contribution in [3.63, 3.8) is 0 Å². The minimum absolute atomic E-state index is 0.00166. The van der Waals surface area contributed by atoms with Gasteiger partial charge in [0.05, 0.1) is 6.04 Å². The molecule has 1 aromatic rings. The fourth-order valence-electron chi connectivity index (χ4n) is 3.92. The predicted octanol–water partition coefficient (Wildman–Crippen LogP) is 1.01. The van der Waals surface area contributed by atoms with Gasteiger partial charge in [-0.05, 0) is 43.9 Å². The number of ether oxygens (including phenoxy) is 1. The van der Waals surface area contributed by atoms with E-state index in [-0.39, 0.29) is 35.6 Å². The smallest absolute Gasteiger partial charge is 0.237 e. The maximum absolute atomic E-state index is 12.5. The number of likely N-dealkylation sites (N-methyl/N-ethyl adjacent to an activating group) is 1. The molecule has 0 radical (unpaired) electrons. The third kappa shape index (κ3) is 5.20. The maximum atomic E-state index is 12.5. The first-order chi connectivity index (χ1) is 13.1. The lowest BCUT2D eigenvalue weighted by molar-refractivity contribution is -0.128. The normalized spacial score (nSPS) is 23.9. The van der Waals surface area contributed by atoms with E-state index in [9.17, 15) is 14.7 Å². The summed E-state index contributed by atoms with van der Waals surface area (Å²) in [4.78, 5) is 27.1. The summed E-state index contributed by atoms with van der Waals surface area (Å²) in [5.74, 6) is 0.269. The van der Waals surface area contributed by atoms with Crippen molar-refractivity contribution in [1.82, 2.24) is 15.5 Å². The zero-order chi connectivity index (χ0) is 19.2. The molecule has 148 valence electrons. The summed E-state index contributed by atoms with van der Waals surface area (Å²) in [6.07, 6.45) is 2.11. The standard InChI is InChI=1S/C20H29N3O4/c1-2-21-20(26)18-11-16(22-19(25)15-6-8-27-9-7-15)13-23(18)12-14-4-3-5-17(24)10-14/h3-5,10,15-16,18,24H,2,6-9,11-13H2,1H3,(H,21,26)(H,22,25)/t16-,18+/m1/s1. The Morgan fingerprint density at radius 1 is 1.26 bits per heavy atom. The number of nitrogens with one attached hydrogen (secondary N) is 2. The summed E-state index contributed by atoms with van der Waals surface area (Å²) in [6.45, 7) is 4.92. The van der Waals surface area contributed by atoms with Gasteiger partial charge in [-0.3, -0.25) is 14.5 Å². The van der Waals surface area contributed by atoms with Crippen LogP contribution in [0.5, 0.6) is 5.75 Å². The molecule has 1 aromatic carbocycles. The van der Waals surface area contributed by atoms with Crippen LogP contribution >= 0.6 is 0 Å². The van der Waals surface area contributed by atoms with Crippen molar-refractivity contribution in [2.24, 2.45) is 5.92 Å². The van der Waals surface area contributed by atoms with Crippen molar-refractivity contribution >= 4 is 11.8 Å². The first-order valence-corrected chi connectivity index (χ1v) is 9.74. The van der Waals surface area contributed by atoms with Crippen molar-refractivity contribution in [2.75, 3.05) is 26.3 Å². The minimum Gasteiger partial charge on any atom is -0.508 e. The number of likely N-dealkylation sites (tertiary alicyclic amines) is 1. The lowest BCUT2D eigenvalue weighted by Gasteiger charge is -2.24. The number of hydrogen-bond acceptors (Lipinski definition) is 5. The van der Waals surface area contributed by atoms with Crippen molar-refractivity contribution in [3.05, 3.63) is 29.8 Å². The number of rotatable bonds is 6. The highest BCUT2D eigenvalue weighted by atomic mass is 16.5. The quantitative estimate of drug-likeness (QED) is 0.690. The molecule has 27 heavy (non-hydrogen) atoms. The summed E-state index contributed by atoms with van der Waals surface area (Å²) < 4.78 is 5.33. The Morgan fingerprint density at radius 2 is 2.04 bits per heavy atom. The molecule has 2 saturated heterocycles. The molecule has 3 rings (SSSR count). The summed E-state index contributed by atoms with van der Waals surface area (Å²) in [5.41, 5.74) is 0.945. The third-order valence-corrected chi connectivity index (χ3v) is 5.29. The van der Waals surface area contributed by atoms with E-state index in [0.29, 0.717) is 39.3 Å². The second-order valence-electron chi connectivity index (χ2n) is 7.34. The molecule has 0 unspecified atom stereocenters. The van der Waals surface area contributed by atoms with Crippen molar-refractivity contribution < 1.29 is 19.4 Å². The van der Waals surface area contributed by atoms with Gasteiger partial charge in [0.15, 0.2) is 0 Å². The van der Waals surface area contributed by atoms with E-state index in [4.69, 9.17) is 4.74 Å². The van der Waals surface area contributed by atoms with Crippen LogP contribution in [0.1, 0.15) is 31.7 Å². The van der Waals surface area contributed by atoms with Crippen LogP contribution < -0.4 is 10.6 Å². The lowest BCUT2D eigenvalue weighted by Crippen LogP contribution is -2.42. The van der Waals surface area contributed by atoms with Crippen LogP contribution in [0.25, 0.3) is 0 Å². The summed E-state index contributed by atoms with van der Waals surface area (Å²) in [7, 11) is 0. The second kappa shape index (κ2) is 9.19. The third-order valence-electron chi connectivity index (χ3n) is 5.29. The molecule has 0 aromatic heterocycles. The van der Waals surface area contributed by atoms with Crippen LogP contribution in [0.3, 0.4) is 0 Å². The Kier molecular flexibility index (Phi) is 6.68. The largest absolute Gasteiger partial charge is 0.508 e. The molecule has 7 heteroatoms. The van der Waals surface area contributed by atoms with E-state index >= 15 is 0 Å². The molecule has 2 fully saturated rings. The average molecular weight is 375 g/mol. The lowest BCUT2D eigenvalue weighted by atomic mass is 9.99. The molecule has 2 heterocycles. The number of benzene rings is 1. The van der Waals surface area contributed by atoms with Crippen LogP contribution in [-0.4, -0.2) is 60.2 Å².